The molecule has 0 amide bonds. The second-order valence-corrected chi connectivity index (χ2v) is 8.48. The Morgan fingerprint density at radius 1 is 0.781 bits per heavy atom. The van der Waals surface area contributed by atoms with Gasteiger partial charge in [0.25, 0.3) is 0 Å². The molecule has 1 aliphatic rings. The van der Waals surface area contributed by atoms with Gasteiger partial charge in [-0.2, -0.15) is 0 Å². The molecule has 1 aliphatic heterocycles. The fourth-order valence-corrected chi connectivity index (χ4v) is 4.51. The molecule has 0 N–H and O–H groups in total. The summed E-state index contributed by atoms with van der Waals surface area (Å²) in [4.78, 5) is 4.90. The number of rotatable bonds is 6. The normalized spacial score (nSPS) is 16.2. The molecule has 0 radical (unpaired) electrons. The Balaban J connectivity index is 1.27. The van der Waals surface area contributed by atoms with Gasteiger partial charge in [0.2, 0.25) is 11.8 Å². The summed E-state index contributed by atoms with van der Waals surface area (Å²) in [6.07, 6.45) is 0. The number of benzene rings is 3. The molecule has 0 bridgehead atoms. The van der Waals surface area contributed by atoms with E-state index in [-0.39, 0.29) is 6.04 Å². The fourth-order valence-electron chi connectivity index (χ4n) is 4.31. The third-order valence-electron chi connectivity index (χ3n) is 5.90. The Morgan fingerprint density at radius 3 is 2.19 bits per heavy atom. The molecule has 0 aliphatic carbocycles. The van der Waals surface area contributed by atoms with Crippen LogP contribution in [0.1, 0.15) is 23.1 Å². The predicted octanol–water partition coefficient (Wildman–Crippen LogP) is 5.30. The summed E-state index contributed by atoms with van der Waals surface area (Å²) in [5.74, 6) is 1.23. The minimum atomic E-state index is 0.185. The van der Waals surface area contributed by atoms with Crippen LogP contribution in [-0.4, -0.2) is 46.2 Å². The van der Waals surface area contributed by atoms with Crippen LogP contribution in [0.2, 0.25) is 5.02 Å². The van der Waals surface area contributed by atoms with E-state index in [1.807, 2.05) is 42.5 Å². The molecule has 2 heterocycles. The molecule has 4 aromatic rings. The van der Waals surface area contributed by atoms with Crippen molar-refractivity contribution in [2.24, 2.45) is 0 Å². The number of hydrogen-bond donors (Lipinski definition) is 0. The van der Waals surface area contributed by atoms with E-state index in [0.717, 1.165) is 36.8 Å². The van der Waals surface area contributed by atoms with Gasteiger partial charge < -0.3 is 4.42 Å². The Hall–Kier alpha value is -2.99. The van der Waals surface area contributed by atoms with Crippen LogP contribution in [0.3, 0.4) is 0 Å². The Bertz CT molecular complexity index is 1140. The minimum absolute atomic E-state index is 0.185. The van der Waals surface area contributed by atoms with Crippen molar-refractivity contribution in [2.45, 2.75) is 12.6 Å². The van der Waals surface area contributed by atoms with E-state index in [1.54, 1.807) is 0 Å². The third kappa shape index (κ3) is 4.75. The van der Waals surface area contributed by atoms with Gasteiger partial charge in [-0.05, 0) is 35.4 Å². The first-order valence-corrected chi connectivity index (χ1v) is 11.3. The van der Waals surface area contributed by atoms with E-state index in [2.05, 4.69) is 62.5 Å². The molecule has 6 heteroatoms. The van der Waals surface area contributed by atoms with Gasteiger partial charge in [-0.25, -0.2) is 0 Å². The van der Waals surface area contributed by atoms with Gasteiger partial charge in [0.05, 0.1) is 12.6 Å². The maximum Gasteiger partial charge on any atom is 0.247 e. The maximum absolute atomic E-state index is 6.32. The first kappa shape index (κ1) is 20.9. The number of halogens is 1. The van der Waals surface area contributed by atoms with Crippen molar-refractivity contribution in [1.82, 2.24) is 20.0 Å². The zero-order valence-corrected chi connectivity index (χ0v) is 18.5. The van der Waals surface area contributed by atoms with Crippen LogP contribution in [0.5, 0.6) is 0 Å². The van der Waals surface area contributed by atoms with Crippen molar-refractivity contribution < 1.29 is 4.42 Å². The van der Waals surface area contributed by atoms with Crippen LogP contribution in [0.25, 0.3) is 11.5 Å². The quantitative estimate of drug-likeness (QED) is 0.404. The van der Waals surface area contributed by atoms with Gasteiger partial charge in [-0.1, -0.05) is 72.3 Å². The summed E-state index contributed by atoms with van der Waals surface area (Å²) in [5.41, 5.74) is 3.46. The monoisotopic (exact) mass is 444 g/mol. The lowest BCUT2D eigenvalue weighted by molar-refractivity contribution is 0.0986. The second kappa shape index (κ2) is 9.65. The summed E-state index contributed by atoms with van der Waals surface area (Å²) in [7, 11) is 0. The molecule has 0 saturated carbocycles. The average molecular weight is 445 g/mol. The number of nitrogens with zero attached hydrogens (tertiary/aromatic N) is 4. The van der Waals surface area contributed by atoms with Crippen LogP contribution in [0.15, 0.2) is 89.3 Å². The molecule has 32 heavy (non-hydrogen) atoms. The maximum atomic E-state index is 6.32. The van der Waals surface area contributed by atoms with Crippen molar-refractivity contribution >= 4 is 11.6 Å². The topological polar surface area (TPSA) is 45.4 Å². The highest BCUT2D eigenvalue weighted by atomic mass is 35.5. The van der Waals surface area contributed by atoms with Crippen molar-refractivity contribution in [3.8, 4) is 11.5 Å². The molecule has 3 aromatic carbocycles. The Kier molecular flexibility index (Phi) is 6.30. The first-order chi connectivity index (χ1) is 15.8. The smallest absolute Gasteiger partial charge is 0.247 e. The highest BCUT2D eigenvalue weighted by Gasteiger charge is 2.27. The lowest BCUT2D eigenvalue weighted by atomic mass is 9.96. The molecule has 0 spiro atoms. The van der Waals surface area contributed by atoms with Gasteiger partial charge in [0, 0.05) is 36.8 Å². The van der Waals surface area contributed by atoms with Crippen LogP contribution in [-0.2, 0) is 6.54 Å². The van der Waals surface area contributed by atoms with Crippen LogP contribution in [0.4, 0.5) is 0 Å². The van der Waals surface area contributed by atoms with Crippen molar-refractivity contribution in [3.05, 3.63) is 107 Å². The van der Waals surface area contributed by atoms with Crippen LogP contribution in [0, 0.1) is 0 Å². The third-order valence-corrected chi connectivity index (χ3v) is 6.13. The molecule has 1 atom stereocenters. The standard InChI is InChI=1S/C26H25ClN4O/c27-23-13-7-12-22(18-23)25(20-8-3-1-4-9-20)31-16-14-30(15-17-31)19-24-28-29-26(32-24)21-10-5-2-6-11-21/h1-13,18,25H,14-17,19H2. The van der Waals surface area contributed by atoms with Gasteiger partial charge >= 0.3 is 0 Å². The van der Waals surface area contributed by atoms with Gasteiger partial charge in [-0.3, -0.25) is 9.80 Å². The fraction of sp³-hybridized carbons (Fsp3) is 0.231. The van der Waals surface area contributed by atoms with E-state index in [4.69, 9.17) is 16.0 Å². The molecule has 1 unspecified atom stereocenters. The summed E-state index contributed by atoms with van der Waals surface area (Å²) in [6, 6.07) is 28.9. The Labute approximate surface area is 193 Å². The summed E-state index contributed by atoms with van der Waals surface area (Å²) in [5, 5.41) is 9.25. The van der Waals surface area contributed by atoms with Gasteiger partial charge in [0.1, 0.15) is 0 Å². The van der Waals surface area contributed by atoms with Crippen molar-refractivity contribution in [1.29, 1.82) is 0 Å². The van der Waals surface area contributed by atoms with Crippen molar-refractivity contribution in [2.75, 3.05) is 26.2 Å². The molecular formula is C26H25ClN4O. The first-order valence-electron chi connectivity index (χ1n) is 10.9. The largest absolute Gasteiger partial charge is 0.419 e. The summed E-state index contributed by atoms with van der Waals surface area (Å²) >= 11 is 6.32. The average Bonchev–Trinajstić information content (AvgIpc) is 3.30. The molecule has 5 nitrogen and oxygen atoms in total. The zero-order valence-electron chi connectivity index (χ0n) is 17.8. The summed E-state index contributed by atoms with van der Waals surface area (Å²) < 4.78 is 5.91. The molecule has 162 valence electrons. The number of hydrogen-bond acceptors (Lipinski definition) is 5. The van der Waals surface area contributed by atoms with E-state index in [9.17, 15) is 0 Å². The van der Waals surface area contributed by atoms with E-state index in [0.29, 0.717) is 18.3 Å². The highest BCUT2D eigenvalue weighted by Crippen LogP contribution is 2.31. The second-order valence-electron chi connectivity index (χ2n) is 8.05. The minimum Gasteiger partial charge on any atom is -0.419 e. The number of aromatic nitrogens is 2. The molecule has 1 fully saturated rings. The van der Waals surface area contributed by atoms with E-state index < -0.39 is 0 Å². The zero-order chi connectivity index (χ0) is 21.8. The number of piperazine rings is 1. The highest BCUT2D eigenvalue weighted by molar-refractivity contribution is 6.30. The van der Waals surface area contributed by atoms with Crippen molar-refractivity contribution in [3.63, 3.8) is 0 Å². The van der Waals surface area contributed by atoms with Crippen LogP contribution >= 0.6 is 11.6 Å². The van der Waals surface area contributed by atoms with E-state index in [1.165, 1.54) is 11.1 Å². The Morgan fingerprint density at radius 2 is 1.47 bits per heavy atom. The lowest BCUT2D eigenvalue weighted by Gasteiger charge is -2.39. The summed E-state index contributed by atoms with van der Waals surface area (Å²) in [6.45, 7) is 4.44. The SMILES string of the molecule is Clc1cccc(C(c2ccccc2)N2CCN(Cc3nnc(-c4ccccc4)o3)CC2)c1. The van der Waals surface area contributed by atoms with Crippen LogP contribution < -0.4 is 0 Å². The molecule has 1 saturated heterocycles. The molecular weight excluding hydrogens is 420 g/mol. The molecule has 1 aromatic heterocycles. The molecule has 5 rings (SSSR count). The van der Waals surface area contributed by atoms with Gasteiger partial charge in [-0.15, -0.1) is 10.2 Å². The van der Waals surface area contributed by atoms with E-state index >= 15 is 0 Å². The lowest BCUT2D eigenvalue weighted by Crippen LogP contribution is -2.47. The predicted molar refractivity (Wildman–Crippen MR) is 126 cm³/mol. The van der Waals surface area contributed by atoms with Gasteiger partial charge in [0.15, 0.2) is 0 Å².